The maximum Gasteiger partial charge on any atom is 0.261 e. The Kier molecular flexibility index (Phi) is 5.61. The molecular weight excluding hydrogens is 401 g/mol. The van der Waals surface area contributed by atoms with Crippen molar-refractivity contribution in [3.8, 4) is 34.3 Å². The lowest BCUT2D eigenvalue weighted by molar-refractivity contribution is 0.102. The molecule has 0 unspecified atom stereocenters. The third-order valence-electron chi connectivity index (χ3n) is 4.56. The quantitative estimate of drug-likeness (QED) is 0.483. The van der Waals surface area contributed by atoms with E-state index in [2.05, 4.69) is 15.5 Å². The van der Waals surface area contributed by atoms with Crippen molar-refractivity contribution in [2.24, 2.45) is 0 Å². The molecule has 0 fully saturated rings. The van der Waals surface area contributed by atoms with E-state index in [9.17, 15) is 9.18 Å². The van der Waals surface area contributed by atoms with E-state index in [1.807, 2.05) is 0 Å². The van der Waals surface area contributed by atoms with E-state index in [0.29, 0.717) is 28.5 Å². The van der Waals surface area contributed by atoms with E-state index in [4.69, 9.17) is 14.0 Å². The Labute approximate surface area is 177 Å². The predicted octanol–water partition coefficient (Wildman–Crippen LogP) is 4.81. The molecule has 0 saturated heterocycles. The molecule has 0 aliphatic carbocycles. The summed E-state index contributed by atoms with van der Waals surface area (Å²) in [5.41, 5.74) is 1.42. The van der Waals surface area contributed by atoms with Crippen molar-refractivity contribution in [3.05, 3.63) is 78.1 Å². The Morgan fingerprint density at radius 1 is 1.00 bits per heavy atom. The zero-order chi connectivity index (χ0) is 21.8. The van der Waals surface area contributed by atoms with Crippen molar-refractivity contribution in [1.29, 1.82) is 0 Å². The molecule has 3 aromatic carbocycles. The van der Waals surface area contributed by atoms with Crippen LogP contribution in [0.5, 0.6) is 11.5 Å². The van der Waals surface area contributed by atoms with Crippen LogP contribution in [0.4, 0.5) is 10.1 Å². The van der Waals surface area contributed by atoms with Crippen LogP contribution in [0.15, 0.2) is 71.3 Å². The molecule has 8 heteroatoms. The summed E-state index contributed by atoms with van der Waals surface area (Å²) in [5, 5.41) is 6.57. The van der Waals surface area contributed by atoms with Gasteiger partial charge in [0.25, 0.3) is 11.8 Å². The van der Waals surface area contributed by atoms with Crippen LogP contribution in [0.2, 0.25) is 0 Å². The smallest absolute Gasteiger partial charge is 0.261 e. The minimum atomic E-state index is -0.612. The number of aromatic nitrogens is 2. The van der Waals surface area contributed by atoms with Crippen LogP contribution in [0, 0.1) is 5.82 Å². The van der Waals surface area contributed by atoms with Gasteiger partial charge in [-0.25, -0.2) is 4.39 Å². The first kappa shape index (κ1) is 20.1. The summed E-state index contributed by atoms with van der Waals surface area (Å²) in [7, 11) is 3.04. The fourth-order valence-corrected chi connectivity index (χ4v) is 3.01. The second-order valence-corrected chi connectivity index (χ2v) is 6.50. The number of anilines is 1. The number of halogens is 1. The molecule has 1 N–H and O–H groups in total. The molecule has 31 heavy (non-hydrogen) atoms. The van der Waals surface area contributed by atoms with Gasteiger partial charge in [0.2, 0.25) is 5.82 Å². The molecule has 7 nitrogen and oxygen atoms in total. The van der Waals surface area contributed by atoms with Gasteiger partial charge in [-0.1, -0.05) is 29.4 Å². The molecule has 0 bridgehead atoms. The molecular formula is C23H18FN3O4. The molecule has 0 spiro atoms. The number of hydrogen-bond donors (Lipinski definition) is 1. The third kappa shape index (κ3) is 4.23. The molecule has 0 radical (unpaired) electrons. The van der Waals surface area contributed by atoms with Crippen molar-refractivity contribution in [2.75, 3.05) is 19.5 Å². The minimum absolute atomic E-state index is 0.0259. The number of amides is 1. The summed E-state index contributed by atoms with van der Waals surface area (Å²) in [6.07, 6.45) is 0. The molecule has 0 saturated carbocycles. The van der Waals surface area contributed by atoms with Gasteiger partial charge in [-0.15, -0.1) is 0 Å². The summed E-state index contributed by atoms with van der Waals surface area (Å²) < 4.78 is 30.4. The normalized spacial score (nSPS) is 10.5. The average molecular weight is 419 g/mol. The highest BCUT2D eigenvalue weighted by Gasteiger charge is 2.17. The van der Waals surface area contributed by atoms with E-state index in [0.717, 1.165) is 0 Å². The van der Waals surface area contributed by atoms with Gasteiger partial charge in [-0.2, -0.15) is 4.98 Å². The Hall–Kier alpha value is -4.20. The van der Waals surface area contributed by atoms with Gasteiger partial charge in [-0.3, -0.25) is 4.79 Å². The SMILES string of the molecule is COc1cccc(-c2noc(-c3ccc(NC(=O)c4ccccc4OC)cc3F)n2)c1. The molecule has 4 rings (SSSR count). The predicted molar refractivity (Wildman–Crippen MR) is 113 cm³/mol. The van der Waals surface area contributed by atoms with Crippen molar-refractivity contribution in [3.63, 3.8) is 0 Å². The summed E-state index contributed by atoms with van der Waals surface area (Å²) in [4.78, 5) is 16.8. The highest BCUT2D eigenvalue weighted by Crippen LogP contribution is 2.28. The lowest BCUT2D eigenvalue weighted by Gasteiger charge is -2.09. The van der Waals surface area contributed by atoms with E-state index >= 15 is 0 Å². The Bertz CT molecular complexity index is 1240. The van der Waals surface area contributed by atoms with E-state index in [1.165, 1.54) is 19.2 Å². The number of carbonyl (C=O) groups excluding carboxylic acids is 1. The fourth-order valence-electron chi connectivity index (χ4n) is 3.01. The lowest BCUT2D eigenvalue weighted by Crippen LogP contribution is -2.13. The lowest BCUT2D eigenvalue weighted by atomic mass is 10.1. The van der Waals surface area contributed by atoms with E-state index < -0.39 is 11.7 Å². The van der Waals surface area contributed by atoms with Crippen molar-refractivity contribution in [2.45, 2.75) is 0 Å². The topological polar surface area (TPSA) is 86.5 Å². The van der Waals surface area contributed by atoms with E-state index in [-0.39, 0.29) is 17.1 Å². The molecule has 4 aromatic rings. The Balaban J connectivity index is 1.55. The van der Waals surface area contributed by atoms with Crippen LogP contribution in [0.1, 0.15) is 10.4 Å². The zero-order valence-electron chi connectivity index (χ0n) is 16.8. The number of nitrogens with zero attached hydrogens (tertiary/aromatic N) is 2. The van der Waals surface area contributed by atoms with Crippen molar-refractivity contribution >= 4 is 11.6 Å². The first-order valence-corrected chi connectivity index (χ1v) is 9.31. The van der Waals surface area contributed by atoms with Crippen molar-refractivity contribution < 1.29 is 23.2 Å². The van der Waals surface area contributed by atoms with Crippen LogP contribution < -0.4 is 14.8 Å². The number of carbonyl (C=O) groups is 1. The average Bonchev–Trinajstić information content (AvgIpc) is 3.29. The summed E-state index contributed by atoms with van der Waals surface area (Å²) in [6, 6.07) is 18.1. The highest BCUT2D eigenvalue weighted by molar-refractivity contribution is 6.06. The fraction of sp³-hybridized carbons (Fsp3) is 0.0870. The van der Waals surface area contributed by atoms with Crippen LogP contribution >= 0.6 is 0 Å². The largest absolute Gasteiger partial charge is 0.497 e. The molecule has 0 aliphatic heterocycles. The first-order chi connectivity index (χ1) is 15.1. The maximum absolute atomic E-state index is 14.7. The monoisotopic (exact) mass is 419 g/mol. The second kappa shape index (κ2) is 8.66. The standard InChI is InChI=1S/C23H18FN3O4/c1-29-16-7-5-6-14(12-16)21-26-23(31-27-21)17-11-10-15(13-19(17)24)25-22(28)18-8-3-4-9-20(18)30-2/h3-13H,1-2H3,(H,25,28). The van der Waals surface area contributed by atoms with Gasteiger partial charge >= 0.3 is 0 Å². The number of methoxy groups -OCH3 is 2. The summed E-state index contributed by atoms with van der Waals surface area (Å²) in [6.45, 7) is 0. The van der Waals surface area contributed by atoms with Crippen molar-refractivity contribution in [1.82, 2.24) is 10.1 Å². The van der Waals surface area contributed by atoms with Gasteiger partial charge in [-0.05, 0) is 42.5 Å². The summed E-state index contributed by atoms with van der Waals surface area (Å²) in [5.74, 6) is 0.374. The molecule has 1 amide bonds. The van der Waals surface area contributed by atoms with Gasteiger partial charge in [0.05, 0.1) is 25.3 Å². The highest BCUT2D eigenvalue weighted by atomic mass is 19.1. The molecule has 156 valence electrons. The number of ether oxygens (including phenoxy) is 2. The Morgan fingerprint density at radius 3 is 2.61 bits per heavy atom. The Morgan fingerprint density at radius 2 is 1.84 bits per heavy atom. The molecule has 1 heterocycles. The van der Waals surface area contributed by atoms with Crippen LogP contribution in [0.25, 0.3) is 22.8 Å². The first-order valence-electron chi connectivity index (χ1n) is 9.31. The number of benzene rings is 3. The minimum Gasteiger partial charge on any atom is -0.497 e. The van der Waals surface area contributed by atoms with Crippen LogP contribution in [-0.2, 0) is 0 Å². The molecule has 0 aliphatic rings. The number of nitrogens with one attached hydrogen (secondary N) is 1. The maximum atomic E-state index is 14.7. The van der Waals surface area contributed by atoms with Crippen LogP contribution in [-0.4, -0.2) is 30.3 Å². The molecule has 1 aromatic heterocycles. The second-order valence-electron chi connectivity index (χ2n) is 6.50. The van der Waals surface area contributed by atoms with Crippen LogP contribution in [0.3, 0.4) is 0 Å². The van der Waals surface area contributed by atoms with Gasteiger partial charge < -0.3 is 19.3 Å². The van der Waals surface area contributed by atoms with Gasteiger partial charge in [0, 0.05) is 11.3 Å². The third-order valence-corrected chi connectivity index (χ3v) is 4.56. The number of rotatable bonds is 6. The van der Waals surface area contributed by atoms with E-state index in [1.54, 1.807) is 61.7 Å². The number of hydrogen-bond acceptors (Lipinski definition) is 6. The summed E-state index contributed by atoms with van der Waals surface area (Å²) >= 11 is 0. The number of para-hydroxylation sites is 1. The van der Waals surface area contributed by atoms with Gasteiger partial charge in [0.15, 0.2) is 0 Å². The van der Waals surface area contributed by atoms with Gasteiger partial charge in [0.1, 0.15) is 17.3 Å². The molecule has 0 atom stereocenters. The zero-order valence-corrected chi connectivity index (χ0v) is 16.8.